The molecule has 2 unspecified atom stereocenters. The maximum Gasteiger partial charge on any atom is 0.147 e. The Hall–Kier alpha value is -0.120. The Morgan fingerprint density at radius 1 is 1.33 bits per heavy atom. The van der Waals surface area contributed by atoms with E-state index < -0.39 is 0 Å². The summed E-state index contributed by atoms with van der Waals surface area (Å²) in [5, 5.41) is 3.51. The van der Waals surface area contributed by atoms with Crippen LogP contribution in [0.1, 0.15) is 39.3 Å². The van der Waals surface area contributed by atoms with Crippen LogP contribution in [0, 0.1) is 17.7 Å². The Bertz CT molecular complexity index is 409. The summed E-state index contributed by atoms with van der Waals surface area (Å²) in [7, 11) is 0. The van der Waals surface area contributed by atoms with Gasteiger partial charge >= 0.3 is 0 Å². The summed E-state index contributed by atoms with van der Waals surface area (Å²) in [6.45, 7) is 9.25. The summed E-state index contributed by atoms with van der Waals surface area (Å²) in [5.74, 6) is 0.469. The molecule has 4 heteroatoms. The highest BCUT2D eigenvalue weighted by molar-refractivity contribution is 9.10. The lowest BCUT2D eigenvalue weighted by Gasteiger charge is -2.28. The predicted octanol–water partition coefficient (Wildman–Crippen LogP) is 5.18. The Labute approximate surface area is 122 Å². The molecule has 1 rings (SSSR count). The van der Waals surface area contributed by atoms with Gasteiger partial charge in [-0.25, -0.2) is 4.39 Å². The summed E-state index contributed by atoms with van der Waals surface area (Å²) in [5.41, 5.74) is 0.645. The molecule has 0 fully saturated rings. The number of nitrogens with one attached hydrogen (secondary N) is 1. The van der Waals surface area contributed by atoms with E-state index >= 15 is 0 Å². The van der Waals surface area contributed by atoms with Gasteiger partial charge in [0.1, 0.15) is 5.82 Å². The van der Waals surface area contributed by atoms with E-state index in [0.717, 1.165) is 6.54 Å². The molecule has 0 heterocycles. The highest BCUT2D eigenvalue weighted by Crippen LogP contribution is 2.34. The van der Waals surface area contributed by atoms with Crippen molar-refractivity contribution in [1.29, 1.82) is 0 Å². The lowest BCUT2D eigenvalue weighted by molar-refractivity contribution is 0.301. The first-order valence-electron chi connectivity index (χ1n) is 6.26. The summed E-state index contributed by atoms with van der Waals surface area (Å²) in [6, 6.07) is 3.59. The molecule has 1 aromatic carbocycles. The van der Waals surface area contributed by atoms with E-state index in [4.69, 9.17) is 11.6 Å². The fraction of sp³-hybridized carbons (Fsp3) is 0.571. The van der Waals surface area contributed by atoms with E-state index in [9.17, 15) is 4.39 Å². The van der Waals surface area contributed by atoms with Crippen LogP contribution < -0.4 is 5.32 Å². The van der Waals surface area contributed by atoms with Crippen LogP contribution in [-0.4, -0.2) is 6.54 Å². The van der Waals surface area contributed by atoms with Gasteiger partial charge in [0.05, 0.1) is 5.02 Å². The zero-order chi connectivity index (χ0) is 13.9. The Morgan fingerprint density at radius 2 is 1.94 bits per heavy atom. The maximum absolute atomic E-state index is 14.3. The molecule has 0 aliphatic heterocycles. The third-order valence-corrected chi connectivity index (χ3v) is 4.66. The van der Waals surface area contributed by atoms with Crippen LogP contribution in [0.2, 0.25) is 5.02 Å². The second kappa shape index (κ2) is 6.88. The van der Waals surface area contributed by atoms with Gasteiger partial charge in [-0.05, 0) is 40.4 Å². The maximum atomic E-state index is 14.3. The number of halogens is 3. The second-order valence-corrected chi connectivity index (χ2v) is 6.14. The number of hydrogen-bond acceptors (Lipinski definition) is 1. The van der Waals surface area contributed by atoms with Crippen LogP contribution in [-0.2, 0) is 0 Å². The van der Waals surface area contributed by atoms with Crippen molar-refractivity contribution in [3.8, 4) is 0 Å². The van der Waals surface area contributed by atoms with Crippen molar-refractivity contribution in [2.24, 2.45) is 11.8 Å². The summed E-state index contributed by atoms with van der Waals surface area (Å²) in [4.78, 5) is 0. The average Bonchev–Trinajstić information content (AvgIpc) is 2.33. The van der Waals surface area contributed by atoms with Gasteiger partial charge in [0.25, 0.3) is 0 Å². The van der Waals surface area contributed by atoms with Crippen molar-refractivity contribution < 1.29 is 4.39 Å². The highest BCUT2D eigenvalue weighted by Gasteiger charge is 2.25. The molecule has 102 valence electrons. The first kappa shape index (κ1) is 15.9. The van der Waals surface area contributed by atoms with Crippen molar-refractivity contribution >= 4 is 27.5 Å². The van der Waals surface area contributed by atoms with Crippen LogP contribution in [0.25, 0.3) is 0 Å². The van der Waals surface area contributed by atoms with E-state index in [1.165, 1.54) is 0 Å². The zero-order valence-corrected chi connectivity index (χ0v) is 13.6. The molecule has 0 saturated carbocycles. The summed E-state index contributed by atoms with van der Waals surface area (Å²) < 4.78 is 14.9. The molecule has 0 aliphatic rings. The second-order valence-electron chi connectivity index (χ2n) is 4.90. The normalized spacial score (nSPS) is 14.9. The van der Waals surface area contributed by atoms with Crippen LogP contribution in [0.4, 0.5) is 4.39 Å². The third-order valence-electron chi connectivity index (χ3n) is 3.40. The summed E-state index contributed by atoms with van der Waals surface area (Å²) in [6.07, 6.45) is 0. The van der Waals surface area contributed by atoms with E-state index in [0.29, 0.717) is 21.9 Å². The molecular formula is C14H20BrClFN. The minimum absolute atomic E-state index is 0.0133. The molecule has 1 N–H and O–H groups in total. The van der Waals surface area contributed by atoms with E-state index in [1.54, 1.807) is 12.1 Å². The molecule has 0 aliphatic carbocycles. The largest absolute Gasteiger partial charge is 0.310 e. The number of benzene rings is 1. The van der Waals surface area contributed by atoms with Crippen LogP contribution in [0.5, 0.6) is 0 Å². The van der Waals surface area contributed by atoms with Gasteiger partial charge in [-0.1, -0.05) is 45.4 Å². The Kier molecular flexibility index (Phi) is 6.09. The zero-order valence-electron chi connectivity index (χ0n) is 11.2. The molecule has 0 aromatic heterocycles. The van der Waals surface area contributed by atoms with Crippen molar-refractivity contribution in [2.45, 2.75) is 33.7 Å². The predicted molar refractivity (Wildman–Crippen MR) is 79.5 cm³/mol. The number of hydrogen-bond donors (Lipinski definition) is 1. The number of rotatable bonds is 5. The molecule has 0 spiro atoms. The van der Waals surface area contributed by atoms with E-state index in [2.05, 4.69) is 42.0 Å². The molecule has 1 nitrogen and oxygen atoms in total. The highest BCUT2D eigenvalue weighted by atomic mass is 79.9. The van der Waals surface area contributed by atoms with Gasteiger partial charge in [0, 0.05) is 16.1 Å². The molecule has 2 atom stereocenters. The van der Waals surface area contributed by atoms with Gasteiger partial charge < -0.3 is 5.32 Å². The Balaban J connectivity index is 3.18. The topological polar surface area (TPSA) is 12.0 Å². The van der Waals surface area contributed by atoms with Crippen molar-refractivity contribution in [2.75, 3.05) is 6.54 Å². The molecular weight excluding hydrogens is 317 g/mol. The molecule has 0 radical (unpaired) electrons. The van der Waals surface area contributed by atoms with Gasteiger partial charge in [-0.3, -0.25) is 0 Å². The third kappa shape index (κ3) is 3.46. The lowest BCUT2D eigenvalue weighted by Crippen LogP contribution is -2.30. The lowest BCUT2D eigenvalue weighted by atomic mass is 9.86. The van der Waals surface area contributed by atoms with Crippen LogP contribution in [0.15, 0.2) is 16.6 Å². The molecule has 1 aromatic rings. The SMILES string of the molecule is CCNC(c1ccc(Br)c(Cl)c1F)C(C)C(C)C. The van der Waals surface area contributed by atoms with Gasteiger partial charge in [0.15, 0.2) is 0 Å². The molecule has 18 heavy (non-hydrogen) atoms. The fourth-order valence-electron chi connectivity index (χ4n) is 1.96. The molecule has 0 amide bonds. The van der Waals surface area contributed by atoms with E-state index in [-0.39, 0.29) is 16.9 Å². The first-order chi connectivity index (χ1) is 8.40. The van der Waals surface area contributed by atoms with Crippen molar-refractivity contribution in [1.82, 2.24) is 5.32 Å². The van der Waals surface area contributed by atoms with E-state index in [1.807, 2.05) is 6.92 Å². The quantitative estimate of drug-likeness (QED) is 0.730. The molecule has 0 saturated heterocycles. The van der Waals surface area contributed by atoms with Crippen LogP contribution >= 0.6 is 27.5 Å². The Morgan fingerprint density at radius 3 is 2.44 bits per heavy atom. The van der Waals surface area contributed by atoms with Crippen molar-refractivity contribution in [3.05, 3.63) is 33.0 Å². The minimum Gasteiger partial charge on any atom is -0.310 e. The minimum atomic E-state index is -0.329. The van der Waals surface area contributed by atoms with Gasteiger partial charge in [-0.2, -0.15) is 0 Å². The monoisotopic (exact) mass is 335 g/mol. The smallest absolute Gasteiger partial charge is 0.147 e. The van der Waals surface area contributed by atoms with Crippen LogP contribution in [0.3, 0.4) is 0 Å². The molecule has 0 bridgehead atoms. The average molecular weight is 337 g/mol. The first-order valence-corrected chi connectivity index (χ1v) is 7.44. The van der Waals surface area contributed by atoms with Gasteiger partial charge in [0.2, 0.25) is 0 Å². The summed E-state index contributed by atoms with van der Waals surface area (Å²) >= 11 is 9.20. The fourth-order valence-corrected chi connectivity index (χ4v) is 2.44. The standard InChI is InChI=1S/C14H20BrClFN/c1-5-18-14(9(4)8(2)3)10-6-7-11(15)12(16)13(10)17/h6-9,14,18H,5H2,1-4H3. The van der Waals surface area contributed by atoms with Gasteiger partial charge in [-0.15, -0.1) is 0 Å². The van der Waals surface area contributed by atoms with Crippen molar-refractivity contribution in [3.63, 3.8) is 0 Å².